The molecule has 38 heavy (non-hydrogen) atoms. The van der Waals surface area contributed by atoms with Crippen LogP contribution in [-0.4, -0.2) is 52.6 Å². The van der Waals surface area contributed by atoms with E-state index in [1.165, 1.54) is 4.90 Å². The second-order valence-corrected chi connectivity index (χ2v) is 9.50. The second-order valence-electron chi connectivity index (χ2n) is 9.50. The molecule has 1 aliphatic carbocycles. The third-order valence-corrected chi connectivity index (χ3v) is 7.25. The van der Waals surface area contributed by atoms with Gasteiger partial charge in [0.05, 0.1) is 18.4 Å². The Bertz CT molecular complexity index is 1370. The van der Waals surface area contributed by atoms with Crippen LogP contribution in [0.2, 0.25) is 0 Å². The number of rotatable bonds is 8. The number of methoxy groups -OCH3 is 1. The zero-order chi connectivity index (χ0) is 26.7. The SMILES string of the molecule is COc1ccc(NC(=O)C2(N(Cc3cccnc3)C(=O)CN3C(=O)C(=O)c4ccccc43)CCCC2)cc1. The Labute approximate surface area is 220 Å². The zero-order valence-electron chi connectivity index (χ0n) is 21.1. The van der Waals surface area contributed by atoms with Crippen LogP contribution in [-0.2, 0) is 20.9 Å². The Balaban J connectivity index is 1.47. The van der Waals surface area contributed by atoms with Crippen molar-refractivity contribution in [1.29, 1.82) is 0 Å². The Hall–Kier alpha value is -4.53. The summed E-state index contributed by atoms with van der Waals surface area (Å²) in [6.45, 7) is -0.209. The summed E-state index contributed by atoms with van der Waals surface area (Å²) < 4.78 is 5.21. The minimum Gasteiger partial charge on any atom is -0.497 e. The number of aromatic nitrogens is 1. The summed E-state index contributed by atoms with van der Waals surface area (Å²) >= 11 is 0. The van der Waals surface area contributed by atoms with Crippen molar-refractivity contribution in [2.75, 3.05) is 23.9 Å². The highest BCUT2D eigenvalue weighted by Gasteiger charge is 2.49. The normalized spacial score (nSPS) is 15.8. The van der Waals surface area contributed by atoms with Gasteiger partial charge in [0, 0.05) is 24.6 Å². The fourth-order valence-electron chi connectivity index (χ4n) is 5.28. The molecule has 2 aliphatic rings. The molecule has 1 aliphatic heterocycles. The molecule has 3 amide bonds. The van der Waals surface area contributed by atoms with E-state index in [4.69, 9.17) is 4.74 Å². The van der Waals surface area contributed by atoms with Crippen LogP contribution in [0.1, 0.15) is 41.6 Å². The molecule has 0 spiro atoms. The average Bonchev–Trinajstić information content (AvgIpc) is 3.53. The fraction of sp³-hybridized carbons (Fsp3) is 0.276. The number of hydrogen-bond acceptors (Lipinski definition) is 6. The summed E-state index contributed by atoms with van der Waals surface area (Å²) in [5.41, 5.74) is 0.898. The zero-order valence-corrected chi connectivity index (χ0v) is 21.1. The van der Waals surface area contributed by atoms with Gasteiger partial charge < -0.3 is 15.0 Å². The molecule has 0 saturated heterocycles. The Kier molecular flexibility index (Phi) is 6.91. The molecule has 2 heterocycles. The Morgan fingerprint density at radius 1 is 1.03 bits per heavy atom. The number of pyridine rings is 1. The maximum atomic E-state index is 14.0. The van der Waals surface area contributed by atoms with Crippen LogP contribution >= 0.6 is 0 Å². The van der Waals surface area contributed by atoms with Gasteiger partial charge in [-0.2, -0.15) is 0 Å². The summed E-state index contributed by atoms with van der Waals surface area (Å²) in [5.74, 6) is -1.43. The van der Waals surface area contributed by atoms with E-state index in [-0.39, 0.29) is 24.6 Å². The number of carbonyl (C=O) groups excluding carboxylic acids is 4. The number of anilines is 2. The predicted molar refractivity (Wildman–Crippen MR) is 141 cm³/mol. The van der Waals surface area contributed by atoms with Crippen molar-refractivity contribution in [3.05, 3.63) is 84.2 Å². The molecule has 5 rings (SSSR count). The quantitative estimate of drug-likeness (QED) is 0.462. The first-order valence-corrected chi connectivity index (χ1v) is 12.5. The van der Waals surface area contributed by atoms with E-state index >= 15 is 0 Å². The molecule has 0 radical (unpaired) electrons. The molecular formula is C29H28N4O5. The molecule has 2 aromatic carbocycles. The predicted octanol–water partition coefficient (Wildman–Crippen LogP) is 3.60. The lowest BCUT2D eigenvalue weighted by molar-refractivity contribution is -0.145. The Morgan fingerprint density at radius 3 is 2.45 bits per heavy atom. The fourth-order valence-corrected chi connectivity index (χ4v) is 5.28. The number of fused-ring (bicyclic) bond motifs is 1. The van der Waals surface area contributed by atoms with Gasteiger partial charge in [-0.25, -0.2) is 0 Å². The van der Waals surface area contributed by atoms with E-state index in [2.05, 4.69) is 10.3 Å². The van der Waals surface area contributed by atoms with Gasteiger partial charge in [-0.15, -0.1) is 0 Å². The smallest absolute Gasteiger partial charge is 0.299 e. The van der Waals surface area contributed by atoms with Crippen molar-refractivity contribution in [1.82, 2.24) is 9.88 Å². The number of ether oxygens (including phenoxy) is 1. The van der Waals surface area contributed by atoms with Gasteiger partial charge in [0.25, 0.3) is 11.7 Å². The third kappa shape index (κ3) is 4.63. The first-order chi connectivity index (χ1) is 18.4. The topological polar surface area (TPSA) is 109 Å². The molecule has 9 heteroatoms. The van der Waals surface area contributed by atoms with E-state index in [1.807, 2.05) is 6.07 Å². The van der Waals surface area contributed by atoms with Gasteiger partial charge in [0.15, 0.2) is 0 Å². The van der Waals surface area contributed by atoms with Crippen LogP contribution in [0.3, 0.4) is 0 Å². The van der Waals surface area contributed by atoms with Crippen LogP contribution < -0.4 is 15.0 Å². The van der Waals surface area contributed by atoms with Gasteiger partial charge in [0.1, 0.15) is 17.8 Å². The summed E-state index contributed by atoms with van der Waals surface area (Å²) in [6, 6.07) is 17.2. The van der Waals surface area contributed by atoms with Crippen LogP contribution in [0.5, 0.6) is 5.75 Å². The maximum absolute atomic E-state index is 14.0. The van der Waals surface area contributed by atoms with Crippen LogP contribution in [0.4, 0.5) is 11.4 Å². The first kappa shape index (κ1) is 25.1. The molecule has 0 bridgehead atoms. The maximum Gasteiger partial charge on any atom is 0.299 e. The minimum absolute atomic E-state index is 0.139. The van der Waals surface area contributed by atoms with Crippen LogP contribution in [0.25, 0.3) is 0 Å². The standard InChI is InChI=1S/C29H28N4O5/c1-38-22-12-10-21(11-13-22)31-28(37)29(14-4-5-15-29)33(18-20-7-6-16-30-17-20)25(34)19-32-24-9-3-2-8-23(24)26(35)27(32)36/h2-3,6-13,16-17H,4-5,14-15,18-19H2,1H3,(H,31,37). The highest BCUT2D eigenvalue weighted by atomic mass is 16.5. The third-order valence-electron chi connectivity index (χ3n) is 7.25. The van der Waals surface area contributed by atoms with Gasteiger partial charge in [-0.1, -0.05) is 31.0 Å². The molecule has 1 fully saturated rings. The number of hydrogen-bond donors (Lipinski definition) is 1. The largest absolute Gasteiger partial charge is 0.497 e. The lowest BCUT2D eigenvalue weighted by Gasteiger charge is -2.41. The molecule has 0 unspecified atom stereocenters. The van der Waals surface area contributed by atoms with E-state index in [0.717, 1.165) is 18.4 Å². The lowest BCUT2D eigenvalue weighted by atomic mass is 9.92. The van der Waals surface area contributed by atoms with E-state index in [0.29, 0.717) is 30.0 Å². The summed E-state index contributed by atoms with van der Waals surface area (Å²) in [6.07, 6.45) is 5.80. The van der Waals surface area contributed by atoms with Gasteiger partial charge in [-0.3, -0.25) is 29.1 Å². The number of nitrogens with one attached hydrogen (secondary N) is 1. The number of amides is 3. The molecular weight excluding hydrogens is 484 g/mol. The highest BCUT2D eigenvalue weighted by Crippen LogP contribution is 2.38. The van der Waals surface area contributed by atoms with E-state index < -0.39 is 23.1 Å². The number of para-hydroxylation sites is 1. The molecule has 1 saturated carbocycles. The number of nitrogens with zero attached hydrogens (tertiary/aromatic N) is 3. The highest BCUT2D eigenvalue weighted by molar-refractivity contribution is 6.52. The van der Waals surface area contributed by atoms with Crippen molar-refractivity contribution in [3.8, 4) is 5.75 Å². The van der Waals surface area contributed by atoms with Crippen molar-refractivity contribution in [2.24, 2.45) is 0 Å². The first-order valence-electron chi connectivity index (χ1n) is 12.5. The summed E-state index contributed by atoms with van der Waals surface area (Å²) in [7, 11) is 1.57. The van der Waals surface area contributed by atoms with Crippen LogP contribution in [0.15, 0.2) is 73.1 Å². The Morgan fingerprint density at radius 2 is 1.76 bits per heavy atom. The number of ketones is 1. The van der Waals surface area contributed by atoms with Gasteiger partial charge >= 0.3 is 0 Å². The van der Waals surface area contributed by atoms with Gasteiger partial charge in [0.2, 0.25) is 11.8 Å². The number of benzene rings is 2. The lowest BCUT2D eigenvalue weighted by Crippen LogP contribution is -2.59. The second kappa shape index (κ2) is 10.5. The van der Waals surface area contributed by atoms with Crippen molar-refractivity contribution < 1.29 is 23.9 Å². The molecule has 3 aromatic rings. The van der Waals surface area contributed by atoms with Gasteiger partial charge in [-0.05, 0) is 60.9 Å². The molecule has 194 valence electrons. The van der Waals surface area contributed by atoms with Crippen molar-refractivity contribution in [2.45, 2.75) is 37.8 Å². The summed E-state index contributed by atoms with van der Waals surface area (Å²) in [5, 5.41) is 2.98. The van der Waals surface area contributed by atoms with Crippen molar-refractivity contribution >= 4 is 34.9 Å². The molecule has 1 N–H and O–H groups in total. The van der Waals surface area contributed by atoms with E-state index in [1.54, 1.807) is 79.0 Å². The minimum atomic E-state index is -1.13. The monoisotopic (exact) mass is 512 g/mol. The molecule has 1 aromatic heterocycles. The molecule has 0 atom stereocenters. The average molecular weight is 513 g/mol. The van der Waals surface area contributed by atoms with Crippen molar-refractivity contribution in [3.63, 3.8) is 0 Å². The number of carbonyl (C=O) groups is 4. The summed E-state index contributed by atoms with van der Waals surface area (Å²) in [4.78, 5) is 60.2. The van der Waals surface area contributed by atoms with E-state index in [9.17, 15) is 19.2 Å². The molecule has 9 nitrogen and oxygen atoms in total. The number of Topliss-reactive ketones (excluding diaryl/α,β-unsaturated/α-hetero) is 1. The van der Waals surface area contributed by atoms with Crippen LogP contribution in [0, 0.1) is 0 Å².